The number of nitrogens with zero attached hydrogens (tertiary/aromatic N) is 1. The fraction of sp³-hybridized carbons (Fsp3) is 0.182. The Morgan fingerprint density at radius 1 is 0.750 bits per heavy atom. The second-order valence-corrected chi connectivity index (χ2v) is 5.95. The molecule has 3 aromatic rings. The van der Waals surface area contributed by atoms with Gasteiger partial charge in [-0.1, -0.05) is 72.8 Å². The summed E-state index contributed by atoms with van der Waals surface area (Å²) < 4.78 is 5.56. The van der Waals surface area contributed by atoms with Crippen LogP contribution in [0.4, 0.5) is 5.69 Å². The van der Waals surface area contributed by atoms with E-state index in [0.29, 0.717) is 0 Å². The van der Waals surface area contributed by atoms with E-state index in [1.807, 2.05) is 6.07 Å². The fourth-order valence-electron chi connectivity index (χ4n) is 3.28. The molecule has 0 amide bonds. The van der Waals surface area contributed by atoms with Crippen LogP contribution in [-0.4, -0.2) is 26.3 Å². The summed E-state index contributed by atoms with van der Waals surface area (Å²) in [6.07, 6.45) is 0. The Kier molecular flexibility index (Phi) is 4.30. The molecule has 0 aromatic heterocycles. The third-order valence-electron chi connectivity index (χ3n) is 4.44. The van der Waals surface area contributed by atoms with Gasteiger partial charge in [-0.05, 0) is 17.2 Å². The number of hydrogen-bond acceptors (Lipinski definition) is 2. The predicted octanol–water partition coefficient (Wildman–Crippen LogP) is 4.66. The third kappa shape index (κ3) is 2.93. The molecular formula is C22H20NO. The zero-order valence-corrected chi connectivity index (χ0v) is 13.6. The lowest BCUT2D eigenvalue weighted by atomic mass is 9.95. The number of benzene rings is 3. The van der Waals surface area contributed by atoms with E-state index < -0.39 is 0 Å². The third-order valence-corrected chi connectivity index (χ3v) is 4.44. The Hall–Kier alpha value is -2.58. The molecule has 0 unspecified atom stereocenters. The van der Waals surface area contributed by atoms with Crippen LogP contribution in [0.3, 0.4) is 0 Å². The van der Waals surface area contributed by atoms with Crippen molar-refractivity contribution in [3.63, 3.8) is 0 Å². The van der Waals surface area contributed by atoms with Crippen molar-refractivity contribution in [2.75, 3.05) is 31.2 Å². The quantitative estimate of drug-likeness (QED) is 0.697. The molecule has 119 valence electrons. The molecule has 1 heterocycles. The van der Waals surface area contributed by atoms with Gasteiger partial charge in [-0.15, -0.1) is 0 Å². The van der Waals surface area contributed by atoms with E-state index in [0.717, 1.165) is 26.3 Å². The van der Waals surface area contributed by atoms with E-state index >= 15 is 0 Å². The number of rotatable bonds is 3. The summed E-state index contributed by atoms with van der Waals surface area (Å²) in [4.78, 5) is 2.44. The van der Waals surface area contributed by atoms with E-state index in [9.17, 15) is 0 Å². The molecule has 0 N–H and O–H groups in total. The van der Waals surface area contributed by atoms with Gasteiger partial charge in [0.1, 0.15) is 0 Å². The Balaban J connectivity index is 1.90. The first kappa shape index (κ1) is 15.0. The minimum absolute atomic E-state index is 0.775. The van der Waals surface area contributed by atoms with Crippen molar-refractivity contribution in [2.45, 2.75) is 0 Å². The van der Waals surface area contributed by atoms with Gasteiger partial charge in [0.25, 0.3) is 0 Å². The molecule has 1 aliphatic rings. The first-order valence-electron chi connectivity index (χ1n) is 8.42. The van der Waals surface area contributed by atoms with Crippen LogP contribution in [-0.2, 0) is 4.74 Å². The van der Waals surface area contributed by atoms with Gasteiger partial charge in [0.15, 0.2) is 0 Å². The Morgan fingerprint density at radius 3 is 2.04 bits per heavy atom. The molecule has 4 rings (SSSR count). The Labute approximate surface area is 143 Å². The summed E-state index contributed by atoms with van der Waals surface area (Å²) in [6.45, 7) is 3.38. The highest BCUT2D eigenvalue weighted by Crippen LogP contribution is 2.39. The number of hydrogen-bond donors (Lipinski definition) is 0. The predicted molar refractivity (Wildman–Crippen MR) is 99.2 cm³/mol. The van der Waals surface area contributed by atoms with Crippen molar-refractivity contribution in [3.8, 4) is 22.3 Å². The second-order valence-electron chi connectivity index (χ2n) is 5.95. The molecule has 1 radical (unpaired) electrons. The van der Waals surface area contributed by atoms with Crippen molar-refractivity contribution in [1.82, 2.24) is 0 Å². The van der Waals surface area contributed by atoms with Crippen molar-refractivity contribution in [1.29, 1.82) is 0 Å². The van der Waals surface area contributed by atoms with Gasteiger partial charge in [-0.2, -0.15) is 0 Å². The lowest BCUT2D eigenvalue weighted by molar-refractivity contribution is 0.123. The standard InChI is InChI=1S/C22H20NO/c1-3-8-18(9-4-1)20-12-7-13-21(19-10-5-2-6-11-19)22(20)23-14-16-24-17-15-23/h1-12H,14-17H2. The maximum Gasteiger partial charge on any atom is 0.0642 e. The number of ether oxygens (including phenoxy) is 1. The van der Waals surface area contributed by atoms with Crippen LogP contribution in [0, 0.1) is 6.07 Å². The SMILES string of the molecule is [c]1ccc(-c2ccccc2)c(N2CCOCC2)c1-c1ccccc1. The highest BCUT2D eigenvalue weighted by molar-refractivity contribution is 5.90. The van der Waals surface area contributed by atoms with Crippen LogP contribution in [0.15, 0.2) is 72.8 Å². The molecule has 3 aromatic carbocycles. The van der Waals surface area contributed by atoms with Gasteiger partial charge in [-0.3, -0.25) is 0 Å². The summed E-state index contributed by atoms with van der Waals surface area (Å²) in [5.41, 5.74) is 6.13. The average Bonchev–Trinajstić information content (AvgIpc) is 2.69. The molecular weight excluding hydrogens is 294 g/mol. The average molecular weight is 314 g/mol. The summed E-state index contributed by atoms with van der Waals surface area (Å²) in [5.74, 6) is 0. The van der Waals surface area contributed by atoms with Crippen molar-refractivity contribution < 1.29 is 4.74 Å². The topological polar surface area (TPSA) is 12.5 Å². The van der Waals surface area contributed by atoms with E-state index in [-0.39, 0.29) is 0 Å². The molecule has 24 heavy (non-hydrogen) atoms. The number of anilines is 1. The molecule has 1 aliphatic heterocycles. The number of morpholine rings is 1. The normalized spacial score (nSPS) is 14.6. The van der Waals surface area contributed by atoms with Crippen LogP contribution < -0.4 is 4.90 Å². The molecule has 0 spiro atoms. The smallest absolute Gasteiger partial charge is 0.0642 e. The maximum absolute atomic E-state index is 5.56. The molecule has 0 saturated carbocycles. The molecule has 2 nitrogen and oxygen atoms in total. The fourth-order valence-corrected chi connectivity index (χ4v) is 3.28. The van der Waals surface area contributed by atoms with Crippen molar-refractivity contribution in [3.05, 3.63) is 78.9 Å². The van der Waals surface area contributed by atoms with Crippen LogP contribution in [0.5, 0.6) is 0 Å². The monoisotopic (exact) mass is 314 g/mol. The van der Waals surface area contributed by atoms with Gasteiger partial charge < -0.3 is 9.64 Å². The van der Waals surface area contributed by atoms with Crippen molar-refractivity contribution in [2.24, 2.45) is 0 Å². The largest absolute Gasteiger partial charge is 0.378 e. The minimum atomic E-state index is 0.775. The molecule has 0 bridgehead atoms. The Bertz CT molecular complexity index is 735. The first-order chi connectivity index (χ1) is 11.9. The highest BCUT2D eigenvalue weighted by atomic mass is 16.5. The zero-order chi connectivity index (χ0) is 16.2. The Morgan fingerprint density at radius 2 is 1.38 bits per heavy atom. The molecule has 1 saturated heterocycles. The minimum Gasteiger partial charge on any atom is -0.378 e. The summed E-state index contributed by atoms with van der Waals surface area (Å²) in [5, 5.41) is 0. The molecule has 0 atom stereocenters. The van der Waals surface area contributed by atoms with Gasteiger partial charge in [-0.25, -0.2) is 0 Å². The van der Waals surface area contributed by atoms with Crippen LogP contribution in [0.1, 0.15) is 0 Å². The lowest BCUT2D eigenvalue weighted by Crippen LogP contribution is -2.36. The van der Waals surface area contributed by atoms with Gasteiger partial charge >= 0.3 is 0 Å². The van der Waals surface area contributed by atoms with Gasteiger partial charge in [0.05, 0.1) is 18.9 Å². The van der Waals surface area contributed by atoms with Crippen LogP contribution in [0.2, 0.25) is 0 Å². The first-order valence-corrected chi connectivity index (χ1v) is 8.42. The summed E-state index contributed by atoms with van der Waals surface area (Å²) >= 11 is 0. The molecule has 1 fully saturated rings. The molecule has 2 heteroatoms. The summed E-state index contributed by atoms with van der Waals surface area (Å²) in [6, 6.07) is 28.8. The van der Waals surface area contributed by atoms with E-state index in [4.69, 9.17) is 4.74 Å². The van der Waals surface area contributed by atoms with E-state index in [1.54, 1.807) is 0 Å². The van der Waals surface area contributed by atoms with E-state index in [2.05, 4.69) is 77.7 Å². The van der Waals surface area contributed by atoms with Crippen molar-refractivity contribution >= 4 is 5.69 Å². The summed E-state index contributed by atoms with van der Waals surface area (Å²) in [7, 11) is 0. The van der Waals surface area contributed by atoms with E-state index in [1.165, 1.54) is 27.9 Å². The molecule has 0 aliphatic carbocycles. The zero-order valence-electron chi connectivity index (χ0n) is 13.6. The van der Waals surface area contributed by atoms with Gasteiger partial charge in [0, 0.05) is 24.2 Å². The van der Waals surface area contributed by atoms with Crippen LogP contribution >= 0.6 is 0 Å². The highest BCUT2D eigenvalue weighted by Gasteiger charge is 2.20. The second kappa shape index (κ2) is 6.90. The lowest BCUT2D eigenvalue weighted by Gasteiger charge is -2.32. The van der Waals surface area contributed by atoms with Gasteiger partial charge in [0.2, 0.25) is 0 Å². The maximum atomic E-state index is 5.56. The van der Waals surface area contributed by atoms with Crippen LogP contribution in [0.25, 0.3) is 22.3 Å².